The Bertz CT molecular complexity index is 635. The van der Waals surface area contributed by atoms with E-state index in [0.29, 0.717) is 0 Å². The zero-order valence-corrected chi connectivity index (χ0v) is 16.8. The van der Waals surface area contributed by atoms with Crippen LogP contribution < -0.4 is 5.43 Å². The Balaban J connectivity index is 2.15. The maximum absolute atomic E-state index is 11.0. The molecule has 0 bridgehead atoms. The second kappa shape index (κ2) is 14.5. The molecule has 1 aromatic carbocycles. The van der Waals surface area contributed by atoms with Gasteiger partial charge in [0.25, 0.3) is 5.69 Å². The van der Waals surface area contributed by atoms with Gasteiger partial charge in [-0.1, -0.05) is 71.1 Å². The number of hydrogen-bond donors (Lipinski definition) is 1. The monoisotopic (exact) mass is 392 g/mol. The molecule has 0 saturated heterocycles. The molecule has 1 aromatic rings. The van der Waals surface area contributed by atoms with Crippen LogP contribution in [0, 0.1) is 20.2 Å². The summed E-state index contributed by atoms with van der Waals surface area (Å²) in [5, 5.41) is 25.7. The van der Waals surface area contributed by atoms with Crippen molar-refractivity contribution >= 4 is 23.3 Å². The number of hydrogen-bond acceptors (Lipinski definition) is 6. The first kappa shape index (κ1) is 23.5. The molecule has 28 heavy (non-hydrogen) atoms. The number of rotatable bonds is 16. The van der Waals surface area contributed by atoms with E-state index in [9.17, 15) is 20.2 Å². The second-order valence-electron chi connectivity index (χ2n) is 6.96. The van der Waals surface area contributed by atoms with E-state index < -0.39 is 9.85 Å². The maximum Gasteiger partial charge on any atom is 0.301 e. The summed E-state index contributed by atoms with van der Waals surface area (Å²) in [5.41, 5.74) is 2.07. The van der Waals surface area contributed by atoms with Crippen molar-refractivity contribution < 1.29 is 9.85 Å². The number of anilines is 1. The van der Waals surface area contributed by atoms with E-state index in [0.717, 1.165) is 25.3 Å². The van der Waals surface area contributed by atoms with E-state index in [4.69, 9.17) is 0 Å². The Morgan fingerprint density at radius 3 is 2.00 bits per heavy atom. The molecule has 0 aliphatic heterocycles. The van der Waals surface area contributed by atoms with Crippen LogP contribution in [0.3, 0.4) is 0 Å². The average molecular weight is 393 g/mol. The number of nitro benzene ring substituents is 2. The zero-order valence-electron chi connectivity index (χ0n) is 16.8. The minimum Gasteiger partial charge on any atom is -0.272 e. The van der Waals surface area contributed by atoms with Gasteiger partial charge in [0.1, 0.15) is 5.69 Å². The van der Waals surface area contributed by atoms with Crippen molar-refractivity contribution in [2.45, 2.75) is 84.0 Å². The van der Waals surface area contributed by atoms with E-state index in [-0.39, 0.29) is 17.1 Å². The molecule has 1 N–H and O–H groups in total. The third-order valence-electron chi connectivity index (χ3n) is 4.60. The van der Waals surface area contributed by atoms with Crippen molar-refractivity contribution in [1.29, 1.82) is 0 Å². The van der Waals surface area contributed by atoms with Crippen molar-refractivity contribution in [3.8, 4) is 0 Å². The Kier molecular flexibility index (Phi) is 12.2. The van der Waals surface area contributed by atoms with Gasteiger partial charge in [-0.3, -0.25) is 25.7 Å². The highest BCUT2D eigenvalue weighted by Crippen LogP contribution is 2.28. The SMILES string of the molecule is CCCCCCCCCCCCC/C=N/Nc1ccc([N+](=O)[O-])cc1[N+](=O)[O-]. The molecular weight excluding hydrogens is 360 g/mol. The van der Waals surface area contributed by atoms with Crippen LogP contribution in [0.2, 0.25) is 0 Å². The first-order valence-corrected chi connectivity index (χ1v) is 10.3. The maximum atomic E-state index is 11.0. The first-order chi connectivity index (χ1) is 13.6. The number of nitrogens with zero attached hydrogens (tertiary/aromatic N) is 3. The Hall–Kier alpha value is -2.51. The number of nitrogens with one attached hydrogen (secondary N) is 1. The van der Waals surface area contributed by atoms with Crippen LogP contribution in [0.15, 0.2) is 23.3 Å². The lowest BCUT2D eigenvalue weighted by molar-refractivity contribution is -0.393. The minimum absolute atomic E-state index is 0.144. The lowest BCUT2D eigenvalue weighted by Crippen LogP contribution is -1.98. The molecule has 0 aliphatic carbocycles. The van der Waals surface area contributed by atoms with Gasteiger partial charge >= 0.3 is 5.69 Å². The molecule has 0 radical (unpaired) electrons. The van der Waals surface area contributed by atoms with Crippen LogP contribution in [0.1, 0.15) is 84.0 Å². The van der Waals surface area contributed by atoms with Gasteiger partial charge in [0.2, 0.25) is 0 Å². The fourth-order valence-electron chi connectivity index (χ4n) is 2.96. The standard InChI is InChI=1S/C20H32N4O4/c1-2-3-4-5-6-7-8-9-10-11-12-13-16-21-22-19-15-14-18(23(25)26)17-20(19)24(27)28/h14-17,22H,2-13H2,1H3/b21-16+. The molecule has 1 rings (SSSR count). The molecule has 156 valence electrons. The van der Waals surface area contributed by atoms with E-state index in [2.05, 4.69) is 17.5 Å². The quantitative estimate of drug-likeness (QED) is 0.147. The van der Waals surface area contributed by atoms with Gasteiger partial charge in [-0.15, -0.1) is 0 Å². The molecule has 0 fully saturated rings. The topological polar surface area (TPSA) is 111 Å². The fraction of sp³-hybridized carbons (Fsp3) is 0.650. The van der Waals surface area contributed by atoms with Crippen LogP contribution in [0.5, 0.6) is 0 Å². The fourth-order valence-corrected chi connectivity index (χ4v) is 2.96. The third kappa shape index (κ3) is 9.99. The molecule has 8 nitrogen and oxygen atoms in total. The number of benzene rings is 1. The average Bonchev–Trinajstić information content (AvgIpc) is 2.68. The largest absolute Gasteiger partial charge is 0.301 e. The lowest BCUT2D eigenvalue weighted by Gasteiger charge is -2.02. The summed E-state index contributed by atoms with van der Waals surface area (Å²) in [4.78, 5) is 20.4. The van der Waals surface area contributed by atoms with E-state index in [1.807, 2.05) is 0 Å². The number of unbranched alkanes of at least 4 members (excludes halogenated alkanes) is 11. The van der Waals surface area contributed by atoms with E-state index in [1.54, 1.807) is 6.21 Å². The van der Waals surface area contributed by atoms with Crippen LogP contribution in [-0.4, -0.2) is 16.1 Å². The highest BCUT2D eigenvalue weighted by Gasteiger charge is 2.18. The molecule has 0 atom stereocenters. The van der Waals surface area contributed by atoms with Crippen LogP contribution in [-0.2, 0) is 0 Å². The smallest absolute Gasteiger partial charge is 0.272 e. The molecule has 0 saturated carbocycles. The van der Waals surface area contributed by atoms with Gasteiger partial charge in [-0.05, 0) is 18.9 Å². The normalized spacial score (nSPS) is 11.0. The van der Waals surface area contributed by atoms with Crippen molar-refractivity contribution in [3.05, 3.63) is 38.4 Å². The van der Waals surface area contributed by atoms with Crippen LogP contribution >= 0.6 is 0 Å². The van der Waals surface area contributed by atoms with Gasteiger partial charge < -0.3 is 0 Å². The van der Waals surface area contributed by atoms with Crippen molar-refractivity contribution in [2.24, 2.45) is 5.10 Å². The number of non-ortho nitro benzene ring substituents is 1. The molecule has 0 aromatic heterocycles. The predicted octanol–water partition coefficient (Wildman–Crippen LogP) is 6.60. The molecule has 0 amide bonds. The van der Waals surface area contributed by atoms with Gasteiger partial charge in [-0.2, -0.15) is 5.10 Å². The minimum atomic E-state index is -0.660. The van der Waals surface area contributed by atoms with Gasteiger partial charge in [0, 0.05) is 12.3 Å². The summed E-state index contributed by atoms with van der Waals surface area (Å²) < 4.78 is 0. The highest BCUT2D eigenvalue weighted by atomic mass is 16.6. The van der Waals surface area contributed by atoms with Gasteiger partial charge in [0.15, 0.2) is 0 Å². The summed E-state index contributed by atoms with van der Waals surface area (Å²) in [6, 6.07) is 3.45. The Morgan fingerprint density at radius 2 is 1.46 bits per heavy atom. The summed E-state index contributed by atoms with van der Waals surface area (Å²) in [6.45, 7) is 2.24. The Labute approximate surface area is 166 Å². The van der Waals surface area contributed by atoms with Gasteiger partial charge in [-0.25, -0.2) is 0 Å². The van der Waals surface area contributed by atoms with E-state index >= 15 is 0 Å². The summed E-state index contributed by atoms with van der Waals surface area (Å²) >= 11 is 0. The zero-order chi connectivity index (χ0) is 20.6. The summed E-state index contributed by atoms with van der Waals surface area (Å²) in [6.07, 6.45) is 16.6. The summed E-state index contributed by atoms with van der Waals surface area (Å²) in [7, 11) is 0. The van der Waals surface area contributed by atoms with E-state index in [1.165, 1.54) is 69.9 Å². The van der Waals surface area contributed by atoms with Gasteiger partial charge in [0.05, 0.1) is 15.9 Å². The van der Waals surface area contributed by atoms with Crippen LogP contribution in [0.4, 0.5) is 17.1 Å². The molecule has 0 heterocycles. The molecular formula is C20H32N4O4. The lowest BCUT2D eigenvalue weighted by atomic mass is 10.1. The number of nitro groups is 2. The Morgan fingerprint density at radius 1 is 0.893 bits per heavy atom. The second-order valence-corrected chi connectivity index (χ2v) is 6.96. The molecule has 0 aliphatic rings. The van der Waals surface area contributed by atoms with Crippen molar-refractivity contribution in [3.63, 3.8) is 0 Å². The molecule has 0 unspecified atom stereocenters. The van der Waals surface area contributed by atoms with Crippen molar-refractivity contribution in [1.82, 2.24) is 0 Å². The molecule has 0 spiro atoms. The summed E-state index contributed by atoms with van der Waals surface area (Å²) in [5.74, 6) is 0. The first-order valence-electron chi connectivity index (χ1n) is 10.3. The van der Waals surface area contributed by atoms with Crippen molar-refractivity contribution in [2.75, 3.05) is 5.43 Å². The highest BCUT2D eigenvalue weighted by molar-refractivity contribution is 5.67. The third-order valence-corrected chi connectivity index (χ3v) is 4.60. The number of hydrazone groups is 1. The molecule has 8 heteroatoms. The predicted molar refractivity (Wildman–Crippen MR) is 113 cm³/mol. The van der Waals surface area contributed by atoms with Crippen LogP contribution in [0.25, 0.3) is 0 Å².